The summed E-state index contributed by atoms with van der Waals surface area (Å²) < 4.78 is 37.8. The maximum atomic E-state index is 12.1. The fourth-order valence-electron chi connectivity index (χ4n) is 0.688. The van der Waals surface area contributed by atoms with Gasteiger partial charge in [0.15, 0.2) is 9.84 Å². The van der Waals surface area contributed by atoms with Crippen LogP contribution in [0.3, 0.4) is 0 Å². The zero-order chi connectivity index (χ0) is 8.48. The van der Waals surface area contributed by atoms with Gasteiger partial charge in [0.2, 0.25) is 0 Å². The van der Waals surface area contributed by atoms with E-state index in [2.05, 4.69) is 4.42 Å². The number of sulfone groups is 1. The number of hydrogen-bond acceptors (Lipinski definition) is 3. The van der Waals surface area contributed by atoms with Crippen molar-refractivity contribution in [3.05, 3.63) is 23.9 Å². The van der Waals surface area contributed by atoms with Crippen molar-refractivity contribution in [3.63, 3.8) is 0 Å². The molecule has 0 N–H and O–H groups in total. The monoisotopic (exact) mass is 178 g/mol. The van der Waals surface area contributed by atoms with E-state index in [0.29, 0.717) is 0 Å². The van der Waals surface area contributed by atoms with Gasteiger partial charge < -0.3 is 4.42 Å². The van der Waals surface area contributed by atoms with Crippen molar-refractivity contribution in [1.82, 2.24) is 0 Å². The molecule has 0 atom stereocenters. The first kappa shape index (κ1) is 8.26. The molecule has 0 spiro atoms. The Kier molecular flexibility index (Phi) is 1.99. The third-order valence-corrected chi connectivity index (χ3v) is 1.84. The van der Waals surface area contributed by atoms with E-state index in [9.17, 15) is 12.8 Å². The summed E-state index contributed by atoms with van der Waals surface area (Å²) in [6, 6.07) is 1.63. The summed E-state index contributed by atoms with van der Waals surface area (Å²) >= 11 is 0. The van der Waals surface area contributed by atoms with E-state index in [4.69, 9.17) is 0 Å². The molecule has 0 aliphatic rings. The summed E-state index contributed by atoms with van der Waals surface area (Å²) in [6.07, 6.45) is 1.06. The van der Waals surface area contributed by atoms with Crippen LogP contribution in [0, 0.1) is 6.01 Å². The van der Waals surface area contributed by atoms with Crippen molar-refractivity contribution in [1.29, 1.82) is 0 Å². The second-order valence-electron chi connectivity index (χ2n) is 2.28. The molecule has 3 nitrogen and oxygen atoms in total. The van der Waals surface area contributed by atoms with Gasteiger partial charge in [0.1, 0.15) is 11.5 Å². The van der Waals surface area contributed by atoms with E-state index in [1.165, 1.54) is 6.07 Å². The first-order valence-electron chi connectivity index (χ1n) is 2.89. The standard InChI is InChI=1S/C6H7FO3S/c1-11(8,9)4-5-2-3-6(7)10-5/h2-3H,4H2,1H3. The van der Waals surface area contributed by atoms with Crippen molar-refractivity contribution in [3.8, 4) is 0 Å². The van der Waals surface area contributed by atoms with Crippen molar-refractivity contribution in [2.45, 2.75) is 5.75 Å². The highest BCUT2D eigenvalue weighted by Crippen LogP contribution is 2.08. The molecule has 0 aliphatic carbocycles. The fourth-order valence-corrected chi connectivity index (χ4v) is 1.36. The minimum Gasteiger partial charge on any atom is -0.435 e. The first-order chi connectivity index (χ1) is 4.97. The van der Waals surface area contributed by atoms with E-state index >= 15 is 0 Å². The normalized spacial score (nSPS) is 11.8. The zero-order valence-electron chi connectivity index (χ0n) is 5.87. The lowest BCUT2D eigenvalue weighted by atomic mass is 10.5. The summed E-state index contributed by atoms with van der Waals surface area (Å²) in [5, 5.41) is 0. The van der Waals surface area contributed by atoms with Crippen molar-refractivity contribution in [2.75, 3.05) is 6.26 Å². The van der Waals surface area contributed by atoms with Crippen LogP contribution in [0.4, 0.5) is 4.39 Å². The lowest BCUT2D eigenvalue weighted by Crippen LogP contribution is -1.98. The number of halogens is 1. The van der Waals surface area contributed by atoms with Crippen molar-refractivity contribution < 1.29 is 17.2 Å². The van der Waals surface area contributed by atoms with Gasteiger partial charge in [0.25, 0.3) is 6.01 Å². The molecular formula is C6H7FO3S. The predicted molar refractivity (Wildman–Crippen MR) is 37.2 cm³/mol. The van der Waals surface area contributed by atoms with E-state index in [1.54, 1.807) is 0 Å². The van der Waals surface area contributed by atoms with Gasteiger partial charge >= 0.3 is 0 Å². The van der Waals surface area contributed by atoms with Gasteiger partial charge in [-0.05, 0) is 6.07 Å². The molecule has 1 aromatic heterocycles. The number of furan rings is 1. The maximum Gasteiger partial charge on any atom is 0.277 e. The molecule has 1 aromatic rings. The highest BCUT2D eigenvalue weighted by atomic mass is 32.2. The molecule has 0 amide bonds. The number of rotatable bonds is 2. The molecule has 0 fully saturated rings. The van der Waals surface area contributed by atoms with Gasteiger partial charge in [-0.1, -0.05) is 0 Å². The average molecular weight is 178 g/mol. The lowest BCUT2D eigenvalue weighted by molar-refractivity contribution is 0.343. The highest BCUT2D eigenvalue weighted by molar-refractivity contribution is 7.89. The summed E-state index contributed by atoms with van der Waals surface area (Å²) in [6.45, 7) is 0. The second kappa shape index (κ2) is 2.65. The van der Waals surface area contributed by atoms with E-state index in [1.807, 2.05) is 0 Å². The molecule has 0 saturated carbocycles. The second-order valence-corrected chi connectivity index (χ2v) is 4.42. The average Bonchev–Trinajstić information content (AvgIpc) is 2.10. The molecular weight excluding hydrogens is 171 g/mol. The maximum absolute atomic E-state index is 12.1. The Labute approximate surface area is 63.7 Å². The molecule has 0 aliphatic heterocycles. The van der Waals surface area contributed by atoms with Crippen LogP contribution < -0.4 is 0 Å². The van der Waals surface area contributed by atoms with Crippen LogP contribution >= 0.6 is 0 Å². The van der Waals surface area contributed by atoms with E-state index < -0.39 is 15.9 Å². The molecule has 0 bridgehead atoms. The topological polar surface area (TPSA) is 47.3 Å². The van der Waals surface area contributed by atoms with Gasteiger partial charge in [-0.15, -0.1) is 0 Å². The molecule has 0 unspecified atom stereocenters. The molecule has 1 heterocycles. The summed E-state index contributed by atoms with van der Waals surface area (Å²) in [7, 11) is -3.12. The fraction of sp³-hybridized carbons (Fsp3) is 0.333. The molecule has 11 heavy (non-hydrogen) atoms. The van der Waals surface area contributed by atoms with Gasteiger partial charge in [-0.3, -0.25) is 0 Å². The van der Waals surface area contributed by atoms with Crippen LogP contribution in [-0.4, -0.2) is 14.7 Å². The minimum atomic E-state index is -3.12. The van der Waals surface area contributed by atoms with Crippen molar-refractivity contribution >= 4 is 9.84 Å². The van der Waals surface area contributed by atoms with Crippen LogP contribution in [0.1, 0.15) is 5.76 Å². The van der Waals surface area contributed by atoms with Crippen LogP contribution in [0.2, 0.25) is 0 Å². The van der Waals surface area contributed by atoms with Crippen LogP contribution in [0.5, 0.6) is 0 Å². The Morgan fingerprint density at radius 1 is 1.55 bits per heavy atom. The Bertz CT molecular complexity index is 338. The predicted octanol–water partition coefficient (Wildman–Crippen LogP) is 0.963. The third-order valence-electron chi connectivity index (χ3n) is 1.03. The SMILES string of the molecule is CS(=O)(=O)Cc1ccc(F)o1. The Morgan fingerprint density at radius 3 is 2.55 bits per heavy atom. The summed E-state index contributed by atoms with van der Waals surface area (Å²) in [4.78, 5) is 0. The first-order valence-corrected chi connectivity index (χ1v) is 4.95. The highest BCUT2D eigenvalue weighted by Gasteiger charge is 2.08. The molecule has 62 valence electrons. The molecule has 0 aromatic carbocycles. The van der Waals surface area contributed by atoms with Gasteiger partial charge in [-0.25, -0.2) is 8.42 Å². The van der Waals surface area contributed by atoms with E-state index in [0.717, 1.165) is 12.3 Å². The summed E-state index contributed by atoms with van der Waals surface area (Å²) in [5.41, 5.74) is 0. The van der Waals surface area contributed by atoms with Gasteiger partial charge in [0.05, 0.1) is 0 Å². The molecule has 5 heteroatoms. The Hall–Kier alpha value is -0.840. The van der Waals surface area contributed by atoms with Crippen molar-refractivity contribution in [2.24, 2.45) is 0 Å². The lowest BCUT2D eigenvalue weighted by Gasteiger charge is -1.90. The van der Waals surface area contributed by atoms with Crippen LogP contribution in [0.25, 0.3) is 0 Å². The molecule has 0 radical (unpaired) electrons. The van der Waals surface area contributed by atoms with Crippen LogP contribution in [0.15, 0.2) is 16.5 Å². The molecule has 1 rings (SSSR count). The zero-order valence-corrected chi connectivity index (χ0v) is 6.69. The Balaban J connectivity index is 2.81. The quantitative estimate of drug-likeness (QED) is 0.677. The minimum absolute atomic E-state index is 0.130. The largest absolute Gasteiger partial charge is 0.435 e. The number of hydrogen-bond donors (Lipinski definition) is 0. The van der Waals surface area contributed by atoms with E-state index in [-0.39, 0.29) is 11.5 Å². The summed E-state index contributed by atoms with van der Waals surface area (Å²) in [5.74, 6) is -0.123. The smallest absolute Gasteiger partial charge is 0.277 e. The molecule has 0 saturated heterocycles. The Morgan fingerprint density at radius 2 is 2.18 bits per heavy atom. The van der Waals surface area contributed by atoms with Gasteiger partial charge in [-0.2, -0.15) is 4.39 Å². The van der Waals surface area contributed by atoms with Gasteiger partial charge in [0, 0.05) is 12.3 Å². The third kappa shape index (κ3) is 2.71. The van der Waals surface area contributed by atoms with Crippen LogP contribution in [-0.2, 0) is 15.6 Å².